The fraction of sp³-hybridized carbons (Fsp3) is 0.500. The molecule has 84 valence electrons. The SMILES string of the molecule is Cc1cc(CN(C)C(C)CN)ccc1Cl. The largest absolute Gasteiger partial charge is 0.329 e. The maximum Gasteiger partial charge on any atom is 0.0435 e. The van der Waals surface area contributed by atoms with Crippen molar-refractivity contribution in [3.8, 4) is 0 Å². The van der Waals surface area contributed by atoms with Gasteiger partial charge in [-0.25, -0.2) is 0 Å². The molecule has 2 N–H and O–H groups in total. The molecule has 0 saturated carbocycles. The minimum absolute atomic E-state index is 0.404. The van der Waals surface area contributed by atoms with Crippen molar-refractivity contribution in [2.75, 3.05) is 13.6 Å². The van der Waals surface area contributed by atoms with Gasteiger partial charge in [-0.15, -0.1) is 0 Å². The van der Waals surface area contributed by atoms with Gasteiger partial charge in [0.05, 0.1) is 0 Å². The van der Waals surface area contributed by atoms with Crippen molar-refractivity contribution in [3.63, 3.8) is 0 Å². The molecule has 0 amide bonds. The highest BCUT2D eigenvalue weighted by Crippen LogP contribution is 2.17. The van der Waals surface area contributed by atoms with Crippen LogP contribution >= 0.6 is 11.6 Å². The molecular weight excluding hydrogens is 208 g/mol. The Morgan fingerprint density at radius 1 is 1.47 bits per heavy atom. The van der Waals surface area contributed by atoms with Crippen molar-refractivity contribution in [1.82, 2.24) is 4.90 Å². The second kappa shape index (κ2) is 5.50. The normalized spacial score (nSPS) is 13.2. The van der Waals surface area contributed by atoms with Gasteiger partial charge in [-0.1, -0.05) is 23.7 Å². The summed E-state index contributed by atoms with van der Waals surface area (Å²) < 4.78 is 0. The molecule has 0 fully saturated rings. The van der Waals surface area contributed by atoms with Crippen molar-refractivity contribution >= 4 is 11.6 Å². The summed E-state index contributed by atoms with van der Waals surface area (Å²) in [5.41, 5.74) is 8.02. The molecule has 0 aliphatic carbocycles. The number of aryl methyl sites for hydroxylation is 1. The number of hydrogen-bond acceptors (Lipinski definition) is 2. The average molecular weight is 227 g/mol. The second-order valence-electron chi connectivity index (χ2n) is 4.08. The van der Waals surface area contributed by atoms with Gasteiger partial charge < -0.3 is 5.73 Å². The van der Waals surface area contributed by atoms with Crippen LogP contribution in [0.3, 0.4) is 0 Å². The summed E-state index contributed by atoms with van der Waals surface area (Å²) in [4.78, 5) is 2.24. The third-order valence-electron chi connectivity index (χ3n) is 2.75. The summed E-state index contributed by atoms with van der Waals surface area (Å²) in [6.07, 6.45) is 0. The fourth-order valence-electron chi connectivity index (χ4n) is 1.43. The van der Waals surface area contributed by atoms with Crippen molar-refractivity contribution in [1.29, 1.82) is 0 Å². The van der Waals surface area contributed by atoms with Gasteiger partial charge >= 0.3 is 0 Å². The highest BCUT2D eigenvalue weighted by atomic mass is 35.5. The molecule has 0 spiro atoms. The van der Waals surface area contributed by atoms with E-state index in [9.17, 15) is 0 Å². The van der Waals surface area contributed by atoms with E-state index in [0.29, 0.717) is 12.6 Å². The van der Waals surface area contributed by atoms with Gasteiger partial charge in [0.15, 0.2) is 0 Å². The van der Waals surface area contributed by atoms with Crippen LogP contribution in [0.5, 0.6) is 0 Å². The number of nitrogens with two attached hydrogens (primary N) is 1. The monoisotopic (exact) mass is 226 g/mol. The summed E-state index contributed by atoms with van der Waals surface area (Å²) >= 11 is 5.97. The molecule has 15 heavy (non-hydrogen) atoms. The lowest BCUT2D eigenvalue weighted by Gasteiger charge is -2.23. The third-order valence-corrected chi connectivity index (χ3v) is 3.17. The van der Waals surface area contributed by atoms with Crippen molar-refractivity contribution in [2.24, 2.45) is 5.73 Å². The molecule has 0 aliphatic rings. The molecule has 2 nitrogen and oxygen atoms in total. The van der Waals surface area contributed by atoms with Crippen LogP contribution < -0.4 is 5.73 Å². The molecule has 1 unspecified atom stereocenters. The summed E-state index contributed by atoms with van der Waals surface area (Å²) in [5.74, 6) is 0. The van der Waals surface area contributed by atoms with Gasteiger partial charge in [0.1, 0.15) is 0 Å². The molecule has 0 heterocycles. The number of nitrogens with zero attached hydrogens (tertiary/aromatic N) is 1. The Morgan fingerprint density at radius 3 is 2.67 bits per heavy atom. The summed E-state index contributed by atoms with van der Waals surface area (Å²) in [6.45, 7) is 5.75. The number of halogens is 1. The van der Waals surface area contributed by atoms with Crippen LogP contribution in [0.1, 0.15) is 18.1 Å². The maximum absolute atomic E-state index is 5.97. The van der Waals surface area contributed by atoms with Gasteiger partial charge in [0.25, 0.3) is 0 Å². The van der Waals surface area contributed by atoms with E-state index in [4.69, 9.17) is 17.3 Å². The summed E-state index contributed by atoms with van der Waals surface area (Å²) in [5, 5.41) is 0.827. The second-order valence-corrected chi connectivity index (χ2v) is 4.49. The van der Waals surface area contributed by atoms with Crippen LogP contribution in [0, 0.1) is 6.92 Å². The van der Waals surface area contributed by atoms with Gasteiger partial charge in [-0.2, -0.15) is 0 Å². The lowest BCUT2D eigenvalue weighted by molar-refractivity contribution is 0.255. The lowest BCUT2D eigenvalue weighted by Crippen LogP contribution is -2.34. The van der Waals surface area contributed by atoms with Crippen molar-refractivity contribution < 1.29 is 0 Å². The first kappa shape index (κ1) is 12.5. The van der Waals surface area contributed by atoms with E-state index in [1.54, 1.807) is 0 Å². The Hall–Kier alpha value is -0.570. The van der Waals surface area contributed by atoms with E-state index in [2.05, 4.69) is 31.0 Å². The molecule has 1 aromatic carbocycles. The number of hydrogen-bond donors (Lipinski definition) is 1. The maximum atomic E-state index is 5.97. The molecule has 0 bridgehead atoms. The van der Waals surface area contributed by atoms with Crippen LogP contribution in [-0.2, 0) is 6.54 Å². The minimum atomic E-state index is 0.404. The number of rotatable bonds is 4. The quantitative estimate of drug-likeness (QED) is 0.855. The van der Waals surface area contributed by atoms with Gasteiger partial charge in [-0.05, 0) is 38.1 Å². The zero-order chi connectivity index (χ0) is 11.4. The smallest absolute Gasteiger partial charge is 0.0435 e. The van der Waals surface area contributed by atoms with Crippen LogP contribution in [0.15, 0.2) is 18.2 Å². The predicted molar refractivity (Wildman–Crippen MR) is 66.2 cm³/mol. The summed E-state index contributed by atoms with van der Waals surface area (Å²) in [7, 11) is 2.08. The highest BCUT2D eigenvalue weighted by Gasteiger charge is 2.07. The van der Waals surface area contributed by atoms with E-state index in [1.807, 2.05) is 13.0 Å². The molecular formula is C12H19ClN2. The van der Waals surface area contributed by atoms with E-state index in [1.165, 1.54) is 5.56 Å². The van der Waals surface area contributed by atoms with E-state index < -0.39 is 0 Å². The van der Waals surface area contributed by atoms with Gasteiger partial charge in [-0.3, -0.25) is 4.90 Å². The first-order chi connectivity index (χ1) is 7.04. The molecule has 0 aromatic heterocycles. The molecule has 0 aliphatic heterocycles. The Balaban J connectivity index is 2.68. The topological polar surface area (TPSA) is 29.3 Å². The summed E-state index contributed by atoms with van der Waals surface area (Å²) in [6, 6.07) is 6.55. The lowest BCUT2D eigenvalue weighted by atomic mass is 10.1. The molecule has 1 rings (SSSR count). The van der Waals surface area contributed by atoms with E-state index in [-0.39, 0.29) is 0 Å². The van der Waals surface area contributed by atoms with Crippen LogP contribution in [0.25, 0.3) is 0 Å². The minimum Gasteiger partial charge on any atom is -0.329 e. The van der Waals surface area contributed by atoms with Crippen molar-refractivity contribution in [3.05, 3.63) is 34.3 Å². The van der Waals surface area contributed by atoms with Gasteiger partial charge in [0.2, 0.25) is 0 Å². The average Bonchev–Trinajstić information content (AvgIpc) is 2.22. The predicted octanol–water partition coefficient (Wildman–Crippen LogP) is 2.43. The number of likely N-dealkylation sites (N-methyl/N-ethyl adjacent to an activating group) is 1. The molecule has 0 radical (unpaired) electrons. The molecule has 1 aromatic rings. The van der Waals surface area contributed by atoms with E-state index >= 15 is 0 Å². The fourth-order valence-corrected chi connectivity index (χ4v) is 1.55. The zero-order valence-electron chi connectivity index (χ0n) is 9.63. The Bertz CT molecular complexity index is 325. The first-order valence-electron chi connectivity index (χ1n) is 5.20. The Labute approximate surface area is 97.0 Å². The van der Waals surface area contributed by atoms with Crippen molar-refractivity contribution in [2.45, 2.75) is 26.4 Å². The van der Waals surface area contributed by atoms with E-state index in [0.717, 1.165) is 17.1 Å². The standard InChI is InChI=1S/C12H19ClN2/c1-9-6-11(4-5-12(9)13)8-15(3)10(2)7-14/h4-6,10H,7-8,14H2,1-3H3. The van der Waals surface area contributed by atoms with Crippen LogP contribution in [0.2, 0.25) is 5.02 Å². The molecule has 1 atom stereocenters. The van der Waals surface area contributed by atoms with Crippen LogP contribution in [-0.4, -0.2) is 24.5 Å². The first-order valence-corrected chi connectivity index (χ1v) is 5.57. The Morgan fingerprint density at radius 2 is 2.13 bits per heavy atom. The molecule has 3 heteroatoms. The van der Waals surface area contributed by atoms with Gasteiger partial charge in [0, 0.05) is 24.2 Å². The number of benzene rings is 1. The zero-order valence-corrected chi connectivity index (χ0v) is 10.4. The Kier molecular flexibility index (Phi) is 4.58. The molecule has 0 saturated heterocycles. The highest BCUT2D eigenvalue weighted by molar-refractivity contribution is 6.31. The van der Waals surface area contributed by atoms with Crippen LogP contribution in [0.4, 0.5) is 0 Å². The third kappa shape index (κ3) is 3.49.